The lowest BCUT2D eigenvalue weighted by Crippen LogP contribution is -2.44. The molecule has 0 aromatic rings. The van der Waals surface area contributed by atoms with Gasteiger partial charge < -0.3 is 19.7 Å². The molecule has 0 atom stereocenters. The van der Waals surface area contributed by atoms with E-state index in [1.807, 2.05) is 7.05 Å². The third-order valence-electron chi connectivity index (χ3n) is 5.12. The van der Waals surface area contributed by atoms with Gasteiger partial charge in [0.25, 0.3) is 0 Å². The molecule has 24 heavy (non-hydrogen) atoms. The first-order valence-corrected chi connectivity index (χ1v) is 9.47. The summed E-state index contributed by atoms with van der Waals surface area (Å²) in [4.78, 5) is 9.22. The largest absolute Gasteiger partial charge is 0.383 e. The van der Waals surface area contributed by atoms with E-state index in [9.17, 15) is 0 Å². The Morgan fingerprint density at radius 3 is 2.54 bits per heavy atom. The minimum atomic E-state index is 0.773. The van der Waals surface area contributed by atoms with E-state index >= 15 is 0 Å². The Balaban J connectivity index is 1.64. The fourth-order valence-electron chi connectivity index (χ4n) is 3.34. The topological polar surface area (TPSA) is 49.3 Å². The third kappa shape index (κ3) is 6.95. The number of nitrogens with one attached hydrogen (secondary N) is 1. The van der Waals surface area contributed by atoms with E-state index in [0.717, 1.165) is 63.9 Å². The van der Waals surface area contributed by atoms with Crippen LogP contribution < -0.4 is 5.32 Å². The average Bonchev–Trinajstić information content (AvgIpc) is 3.45. The van der Waals surface area contributed by atoms with Gasteiger partial charge in [-0.1, -0.05) is 0 Å². The quantitative estimate of drug-likeness (QED) is 0.481. The monoisotopic (exact) mass is 340 g/mol. The summed E-state index contributed by atoms with van der Waals surface area (Å²) in [5.74, 6) is 1.81. The van der Waals surface area contributed by atoms with Crippen LogP contribution in [0.1, 0.15) is 32.1 Å². The molecule has 0 aromatic carbocycles. The van der Waals surface area contributed by atoms with Gasteiger partial charge in [-0.05, 0) is 38.0 Å². The van der Waals surface area contributed by atoms with Crippen LogP contribution in [0.3, 0.4) is 0 Å². The molecule has 2 aliphatic rings. The first kappa shape index (κ1) is 19.5. The van der Waals surface area contributed by atoms with E-state index in [2.05, 4.69) is 27.2 Å². The Morgan fingerprint density at radius 1 is 1.17 bits per heavy atom. The summed E-state index contributed by atoms with van der Waals surface area (Å²) in [6, 6.07) is 0.773. The normalized spacial score (nSPS) is 19.8. The fourth-order valence-corrected chi connectivity index (χ4v) is 3.34. The van der Waals surface area contributed by atoms with Crippen LogP contribution in [0.15, 0.2) is 4.99 Å². The molecule has 1 aliphatic carbocycles. The minimum absolute atomic E-state index is 0.773. The summed E-state index contributed by atoms with van der Waals surface area (Å²) in [7, 11) is 5.79. The van der Waals surface area contributed by atoms with Gasteiger partial charge in [0.2, 0.25) is 0 Å². The zero-order chi connectivity index (χ0) is 17.2. The van der Waals surface area contributed by atoms with Crippen LogP contribution in [0.5, 0.6) is 0 Å². The van der Waals surface area contributed by atoms with Gasteiger partial charge in [0.15, 0.2) is 5.96 Å². The number of hydrogen-bond acceptors (Lipinski definition) is 4. The maximum absolute atomic E-state index is 5.44. The molecule has 1 N–H and O–H groups in total. The van der Waals surface area contributed by atoms with Crippen molar-refractivity contribution >= 4 is 5.96 Å². The fraction of sp³-hybridized carbons (Fsp3) is 0.944. The Hall–Kier alpha value is -0.850. The molecule has 0 unspecified atom stereocenters. The number of rotatable bonds is 10. The van der Waals surface area contributed by atoms with Crippen LogP contribution in [0.4, 0.5) is 0 Å². The second kappa shape index (κ2) is 10.9. The van der Waals surface area contributed by atoms with E-state index in [1.54, 1.807) is 7.11 Å². The average molecular weight is 341 g/mol. The van der Waals surface area contributed by atoms with E-state index in [-0.39, 0.29) is 0 Å². The van der Waals surface area contributed by atoms with Crippen molar-refractivity contribution in [3.63, 3.8) is 0 Å². The predicted octanol–water partition coefficient (Wildman–Crippen LogP) is 1.42. The van der Waals surface area contributed by atoms with Gasteiger partial charge in [-0.15, -0.1) is 0 Å². The molecule has 0 bridgehead atoms. The van der Waals surface area contributed by atoms with Crippen molar-refractivity contribution in [2.45, 2.75) is 38.1 Å². The molecule has 1 saturated carbocycles. The summed E-state index contributed by atoms with van der Waals surface area (Å²) in [5, 5.41) is 3.52. The minimum Gasteiger partial charge on any atom is -0.383 e. The van der Waals surface area contributed by atoms with Crippen LogP contribution in [-0.4, -0.2) is 89.0 Å². The van der Waals surface area contributed by atoms with Gasteiger partial charge in [0.1, 0.15) is 0 Å². The SMILES string of the molecule is CN=C(NCCN(CCOC)C1CC1)N(C)CCC1CCOCC1. The number of aliphatic imine (C=N–C) groups is 1. The van der Waals surface area contributed by atoms with E-state index in [4.69, 9.17) is 9.47 Å². The maximum Gasteiger partial charge on any atom is 0.193 e. The van der Waals surface area contributed by atoms with Gasteiger partial charge in [-0.2, -0.15) is 0 Å². The summed E-state index contributed by atoms with van der Waals surface area (Å²) >= 11 is 0. The lowest BCUT2D eigenvalue weighted by atomic mass is 9.96. The molecule has 0 spiro atoms. The summed E-state index contributed by atoms with van der Waals surface area (Å²) in [6.07, 6.45) is 6.31. The highest BCUT2D eigenvalue weighted by Crippen LogP contribution is 2.26. The molecule has 140 valence electrons. The Morgan fingerprint density at radius 2 is 1.92 bits per heavy atom. The highest BCUT2D eigenvalue weighted by atomic mass is 16.5. The molecule has 1 aliphatic heterocycles. The zero-order valence-corrected chi connectivity index (χ0v) is 15.8. The van der Waals surface area contributed by atoms with Crippen LogP contribution >= 0.6 is 0 Å². The van der Waals surface area contributed by atoms with Crippen LogP contribution in [0, 0.1) is 5.92 Å². The molecule has 2 fully saturated rings. The molecular formula is C18H36N4O2. The molecule has 6 heteroatoms. The lowest BCUT2D eigenvalue weighted by Gasteiger charge is -2.27. The first-order chi connectivity index (χ1) is 11.7. The van der Waals surface area contributed by atoms with Crippen molar-refractivity contribution in [3.8, 4) is 0 Å². The first-order valence-electron chi connectivity index (χ1n) is 9.47. The van der Waals surface area contributed by atoms with Crippen LogP contribution in [0.2, 0.25) is 0 Å². The van der Waals surface area contributed by atoms with Gasteiger partial charge in [-0.3, -0.25) is 9.89 Å². The highest BCUT2D eigenvalue weighted by molar-refractivity contribution is 5.79. The number of nitrogens with zero attached hydrogens (tertiary/aromatic N) is 3. The van der Waals surface area contributed by atoms with Gasteiger partial charge in [0, 0.05) is 66.6 Å². The van der Waals surface area contributed by atoms with Crippen molar-refractivity contribution in [3.05, 3.63) is 0 Å². The molecule has 6 nitrogen and oxygen atoms in total. The van der Waals surface area contributed by atoms with Crippen LogP contribution in [0.25, 0.3) is 0 Å². The molecular weight excluding hydrogens is 304 g/mol. The molecule has 0 aromatic heterocycles. The summed E-state index contributed by atoms with van der Waals surface area (Å²) in [6.45, 7) is 6.76. The van der Waals surface area contributed by atoms with Crippen LogP contribution in [-0.2, 0) is 9.47 Å². The lowest BCUT2D eigenvalue weighted by molar-refractivity contribution is 0.0625. The van der Waals surface area contributed by atoms with E-state index in [0.29, 0.717) is 0 Å². The third-order valence-corrected chi connectivity index (χ3v) is 5.12. The molecule has 1 heterocycles. The number of hydrogen-bond donors (Lipinski definition) is 1. The number of guanidine groups is 1. The summed E-state index contributed by atoms with van der Waals surface area (Å²) < 4.78 is 10.7. The molecule has 2 rings (SSSR count). The second-order valence-corrected chi connectivity index (χ2v) is 7.00. The van der Waals surface area contributed by atoms with Gasteiger partial charge in [0.05, 0.1) is 6.61 Å². The van der Waals surface area contributed by atoms with Crippen molar-refractivity contribution in [1.82, 2.24) is 15.1 Å². The highest BCUT2D eigenvalue weighted by Gasteiger charge is 2.28. The van der Waals surface area contributed by atoms with Crippen molar-refractivity contribution in [2.75, 3.05) is 67.2 Å². The Kier molecular flexibility index (Phi) is 8.84. The maximum atomic E-state index is 5.44. The van der Waals surface area contributed by atoms with Gasteiger partial charge >= 0.3 is 0 Å². The summed E-state index contributed by atoms with van der Waals surface area (Å²) in [5.41, 5.74) is 0. The molecule has 0 radical (unpaired) electrons. The van der Waals surface area contributed by atoms with E-state index in [1.165, 1.54) is 32.1 Å². The molecule has 0 amide bonds. The zero-order valence-electron chi connectivity index (χ0n) is 15.8. The number of ether oxygens (including phenoxy) is 2. The molecule has 1 saturated heterocycles. The van der Waals surface area contributed by atoms with Crippen molar-refractivity contribution in [1.29, 1.82) is 0 Å². The predicted molar refractivity (Wildman–Crippen MR) is 98.6 cm³/mol. The Labute approximate surface area is 147 Å². The smallest absolute Gasteiger partial charge is 0.193 e. The van der Waals surface area contributed by atoms with Crippen molar-refractivity contribution in [2.24, 2.45) is 10.9 Å². The Bertz CT molecular complexity index is 368. The number of methoxy groups -OCH3 is 1. The second-order valence-electron chi connectivity index (χ2n) is 7.00. The van der Waals surface area contributed by atoms with Crippen molar-refractivity contribution < 1.29 is 9.47 Å². The standard InChI is InChI=1S/C18H36N4O2/c1-19-18(21(2)10-6-16-7-13-24-14-8-16)20-9-11-22(12-15-23-3)17-4-5-17/h16-17H,4-15H2,1-3H3,(H,19,20). The van der Waals surface area contributed by atoms with Gasteiger partial charge in [-0.25, -0.2) is 0 Å². The van der Waals surface area contributed by atoms with E-state index < -0.39 is 0 Å².